The monoisotopic (exact) mass is 173 g/mol. The molecule has 1 aliphatic carbocycles. The van der Waals surface area contributed by atoms with Gasteiger partial charge in [0.25, 0.3) is 0 Å². The first kappa shape index (κ1) is 8.54. The van der Waals surface area contributed by atoms with E-state index in [9.17, 15) is 8.42 Å². The molecule has 11 heavy (non-hydrogen) atoms. The summed E-state index contributed by atoms with van der Waals surface area (Å²) in [6, 6.07) is 1.69. The Bertz CT molecular complexity index is 275. The molecule has 0 spiro atoms. The molecule has 0 aromatic carbocycles. The Kier molecular flexibility index (Phi) is 2.19. The lowest BCUT2D eigenvalue weighted by molar-refractivity contribution is 0.345. The van der Waals surface area contributed by atoms with E-state index in [1.165, 1.54) is 0 Å². The highest BCUT2D eigenvalue weighted by molar-refractivity contribution is 7.92. The van der Waals surface area contributed by atoms with E-state index in [2.05, 4.69) is 0 Å². The fourth-order valence-corrected chi connectivity index (χ4v) is 3.10. The molecule has 3 nitrogen and oxygen atoms in total. The zero-order chi connectivity index (χ0) is 8.48. The predicted molar refractivity (Wildman–Crippen MR) is 41.6 cm³/mol. The normalized spacial score (nSPS) is 30.5. The van der Waals surface area contributed by atoms with Crippen LogP contribution in [-0.2, 0) is 9.84 Å². The second-order valence-electron chi connectivity index (χ2n) is 3.06. The summed E-state index contributed by atoms with van der Waals surface area (Å²) < 4.78 is 22.4. The molecule has 0 heterocycles. The van der Waals surface area contributed by atoms with Crippen LogP contribution in [0.25, 0.3) is 0 Å². The van der Waals surface area contributed by atoms with E-state index in [4.69, 9.17) is 5.26 Å². The van der Waals surface area contributed by atoms with Crippen LogP contribution in [0.5, 0.6) is 0 Å². The number of hydrogen-bond donors (Lipinski definition) is 0. The summed E-state index contributed by atoms with van der Waals surface area (Å²) in [4.78, 5) is 0. The number of nitrogens with zero attached hydrogens (tertiary/aromatic N) is 1. The van der Waals surface area contributed by atoms with Gasteiger partial charge in [0.15, 0.2) is 9.84 Å². The lowest BCUT2D eigenvalue weighted by atomic mass is 9.87. The van der Waals surface area contributed by atoms with E-state index >= 15 is 0 Å². The topological polar surface area (TPSA) is 57.9 Å². The molecule has 1 saturated carbocycles. The van der Waals surface area contributed by atoms with Gasteiger partial charge in [0.05, 0.1) is 11.3 Å². The molecule has 2 atom stereocenters. The van der Waals surface area contributed by atoms with Gasteiger partial charge >= 0.3 is 0 Å². The summed E-state index contributed by atoms with van der Waals surface area (Å²) >= 11 is 0. The zero-order valence-electron chi connectivity index (χ0n) is 6.45. The average molecular weight is 173 g/mol. The van der Waals surface area contributed by atoms with Gasteiger partial charge in [-0.1, -0.05) is 6.92 Å². The summed E-state index contributed by atoms with van der Waals surface area (Å²) in [5.41, 5.74) is 0. The number of hydrogen-bond acceptors (Lipinski definition) is 3. The third-order valence-corrected chi connectivity index (χ3v) is 4.42. The third kappa shape index (κ3) is 1.54. The zero-order valence-corrected chi connectivity index (χ0v) is 7.26. The smallest absolute Gasteiger partial charge is 0.166 e. The van der Waals surface area contributed by atoms with Gasteiger partial charge in [-0.05, 0) is 18.8 Å². The fourth-order valence-electron chi connectivity index (χ4n) is 1.37. The van der Waals surface area contributed by atoms with Crippen molar-refractivity contribution in [1.82, 2.24) is 0 Å². The highest BCUT2D eigenvalue weighted by atomic mass is 32.2. The Morgan fingerprint density at radius 3 is 2.45 bits per heavy atom. The van der Waals surface area contributed by atoms with E-state index < -0.39 is 9.84 Å². The van der Waals surface area contributed by atoms with Crippen molar-refractivity contribution in [2.75, 3.05) is 5.75 Å². The highest BCUT2D eigenvalue weighted by Crippen LogP contribution is 2.32. The van der Waals surface area contributed by atoms with Gasteiger partial charge in [-0.2, -0.15) is 5.26 Å². The molecule has 0 aromatic heterocycles. The molecular weight excluding hydrogens is 162 g/mol. The number of rotatable bonds is 2. The van der Waals surface area contributed by atoms with Crippen LogP contribution < -0.4 is 0 Å². The molecule has 0 radical (unpaired) electrons. The van der Waals surface area contributed by atoms with Crippen LogP contribution >= 0.6 is 0 Å². The van der Waals surface area contributed by atoms with Gasteiger partial charge in [-0.3, -0.25) is 0 Å². The van der Waals surface area contributed by atoms with Crippen LogP contribution in [0.4, 0.5) is 0 Å². The van der Waals surface area contributed by atoms with Crippen molar-refractivity contribution in [2.45, 2.75) is 25.0 Å². The van der Waals surface area contributed by atoms with Crippen LogP contribution in [0.2, 0.25) is 0 Å². The van der Waals surface area contributed by atoms with Crippen molar-refractivity contribution in [3.63, 3.8) is 0 Å². The predicted octanol–water partition coefficient (Wildman–Crippen LogP) is 0.723. The third-order valence-electron chi connectivity index (χ3n) is 2.27. The summed E-state index contributed by atoms with van der Waals surface area (Å²) in [5.74, 6) is -0.0597. The first-order chi connectivity index (χ1) is 5.08. The molecule has 4 heteroatoms. The quantitative estimate of drug-likeness (QED) is 0.618. The van der Waals surface area contributed by atoms with Gasteiger partial charge in [-0.15, -0.1) is 0 Å². The van der Waals surface area contributed by atoms with Crippen LogP contribution in [0.1, 0.15) is 19.8 Å². The fraction of sp³-hybridized carbons (Fsp3) is 0.857. The molecule has 0 N–H and O–H groups in total. The second kappa shape index (κ2) is 2.82. The van der Waals surface area contributed by atoms with Crippen LogP contribution in [0.15, 0.2) is 0 Å². The molecular formula is C7H11NO2S. The molecule has 1 aliphatic rings. The van der Waals surface area contributed by atoms with Gasteiger partial charge in [0.1, 0.15) is 5.75 Å². The summed E-state index contributed by atoms with van der Waals surface area (Å²) in [5, 5.41) is 7.99. The standard InChI is InChI=1S/C7H11NO2S/c1-6-2-3-7(6)11(9,10)5-4-8/h6-7H,2-3,5H2,1H3/t6?,7-/m0/s1. The van der Waals surface area contributed by atoms with E-state index in [0.717, 1.165) is 12.8 Å². The Morgan fingerprint density at radius 1 is 1.55 bits per heavy atom. The Labute approximate surface area is 66.9 Å². The molecule has 0 aromatic rings. The van der Waals surface area contributed by atoms with Crippen molar-refractivity contribution in [2.24, 2.45) is 5.92 Å². The van der Waals surface area contributed by atoms with Gasteiger partial charge in [0.2, 0.25) is 0 Å². The summed E-state index contributed by atoms with van der Waals surface area (Å²) in [6.07, 6.45) is 1.72. The van der Waals surface area contributed by atoms with Crippen molar-refractivity contribution >= 4 is 9.84 Å². The van der Waals surface area contributed by atoms with E-state index in [1.54, 1.807) is 6.07 Å². The van der Waals surface area contributed by atoms with Gasteiger partial charge < -0.3 is 0 Å². The SMILES string of the molecule is CC1CC[C@@H]1S(=O)(=O)CC#N. The molecule has 1 unspecified atom stereocenters. The maximum absolute atomic E-state index is 11.2. The molecule has 62 valence electrons. The largest absolute Gasteiger partial charge is 0.227 e. The molecule has 0 amide bonds. The molecule has 0 aliphatic heterocycles. The number of sulfone groups is 1. The lowest BCUT2D eigenvalue weighted by Gasteiger charge is -2.32. The average Bonchev–Trinajstić information content (AvgIpc) is 1.83. The van der Waals surface area contributed by atoms with Crippen LogP contribution in [0.3, 0.4) is 0 Å². The lowest BCUT2D eigenvalue weighted by Crippen LogP contribution is -2.37. The second-order valence-corrected chi connectivity index (χ2v) is 5.28. The Morgan fingerprint density at radius 2 is 2.18 bits per heavy atom. The van der Waals surface area contributed by atoms with E-state index in [1.807, 2.05) is 6.92 Å². The molecule has 0 saturated heterocycles. The van der Waals surface area contributed by atoms with Crippen molar-refractivity contribution in [3.8, 4) is 6.07 Å². The Hall–Kier alpha value is -0.560. The van der Waals surface area contributed by atoms with E-state index in [-0.39, 0.29) is 16.9 Å². The van der Waals surface area contributed by atoms with Crippen molar-refractivity contribution in [3.05, 3.63) is 0 Å². The molecule has 0 bridgehead atoms. The summed E-state index contributed by atoms with van der Waals surface area (Å²) in [7, 11) is -3.08. The first-order valence-electron chi connectivity index (χ1n) is 3.66. The minimum absolute atomic E-state index is 0.234. The van der Waals surface area contributed by atoms with Gasteiger partial charge in [-0.25, -0.2) is 8.42 Å². The maximum atomic E-state index is 11.2. The molecule has 1 rings (SSSR count). The first-order valence-corrected chi connectivity index (χ1v) is 5.38. The molecule has 1 fully saturated rings. The van der Waals surface area contributed by atoms with E-state index in [0.29, 0.717) is 0 Å². The Balaban J connectivity index is 2.67. The summed E-state index contributed by atoms with van der Waals surface area (Å²) in [6.45, 7) is 1.92. The van der Waals surface area contributed by atoms with Crippen LogP contribution in [-0.4, -0.2) is 19.4 Å². The van der Waals surface area contributed by atoms with Crippen molar-refractivity contribution < 1.29 is 8.42 Å². The minimum atomic E-state index is -3.08. The van der Waals surface area contributed by atoms with Crippen LogP contribution in [0, 0.1) is 17.2 Å². The highest BCUT2D eigenvalue weighted by Gasteiger charge is 2.37. The van der Waals surface area contributed by atoms with Crippen molar-refractivity contribution in [1.29, 1.82) is 5.26 Å². The minimum Gasteiger partial charge on any atom is -0.227 e. The number of nitriles is 1. The van der Waals surface area contributed by atoms with Gasteiger partial charge in [0, 0.05) is 0 Å². The maximum Gasteiger partial charge on any atom is 0.166 e.